The number of nitrogens with zero attached hydrogens (tertiary/aromatic N) is 2. The molecule has 1 aromatic carbocycles. The van der Waals surface area contributed by atoms with Gasteiger partial charge in [-0.05, 0) is 42.2 Å². The lowest BCUT2D eigenvalue weighted by atomic mass is 9.85. The van der Waals surface area contributed by atoms with E-state index in [1.54, 1.807) is 7.05 Å². The monoisotopic (exact) mass is 520 g/mol. The topological polar surface area (TPSA) is 73.8 Å². The molecule has 4 aliphatic rings. The van der Waals surface area contributed by atoms with Crippen molar-refractivity contribution < 1.29 is 9.59 Å². The summed E-state index contributed by atoms with van der Waals surface area (Å²) in [6.07, 6.45) is 7.52. The van der Waals surface area contributed by atoms with E-state index in [1.165, 1.54) is 16.0 Å². The highest BCUT2D eigenvalue weighted by Crippen LogP contribution is 2.52. The summed E-state index contributed by atoms with van der Waals surface area (Å²) in [5, 5.41) is 6.67. The number of nitrogens with one attached hydrogen (secondary N) is 2. The molecule has 1 aliphatic heterocycles. The van der Waals surface area contributed by atoms with Gasteiger partial charge in [0.05, 0.1) is 11.8 Å². The first kappa shape index (κ1) is 21.3. The molecule has 30 heavy (non-hydrogen) atoms. The van der Waals surface area contributed by atoms with E-state index in [2.05, 4.69) is 52.0 Å². The fraction of sp³-hybridized carbons (Fsp3) is 0.522. The SMILES string of the molecule is CN=C(NCCN1C(=O)C2C3C=CC(C3)C2C1=O)NCC1CCc2ccccc21.I. The minimum atomic E-state index is -0.114. The quantitative estimate of drug-likeness (QED) is 0.206. The van der Waals surface area contributed by atoms with Crippen molar-refractivity contribution in [2.45, 2.75) is 25.2 Å². The zero-order valence-electron chi connectivity index (χ0n) is 17.2. The minimum Gasteiger partial charge on any atom is -0.356 e. The van der Waals surface area contributed by atoms with Crippen LogP contribution in [0.3, 0.4) is 0 Å². The van der Waals surface area contributed by atoms with Crippen LogP contribution in [0.1, 0.15) is 29.9 Å². The van der Waals surface area contributed by atoms with Gasteiger partial charge in [-0.25, -0.2) is 0 Å². The van der Waals surface area contributed by atoms with Crippen LogP contribution in [-0.4, -0.2) is 49.4 Å². The number of carbonyl (C=O) groups is 2. The van der Waals surface area contributed by atoms with Crippen molar-refractivity contribution >= 4 is 41.8 Å². The van der Waals surface area contributed by atoms with Crippen molar-refractivity contribution in [2.24, 2.45) is 28.7 Å². The largest absolute Gasteiger partial charge is 0.356 e. The molecule has 160 valence electrons. The number of hydrogen-bond acceptors (Lipinski definition) is 3. The number of hydrogen-bond donors (Lipinski definition) is 2. The third-order valence-electron chi connectivity index (χ3n) is 7.19. The molecule has 7 heteroatoms. The second-order valence-electron chi connectivity index (χ2n) is 8.64. The maximum Gasteiger partial charge on any atom is 0.233 e. The molecule has 2 bridgehead atoms. The molecule has 0 radical (unpaired) electrons. The number of rotatable bonds is 5. The van der Waals surface area contributed by atoms with Crippen LogP contribution in [0, 0.1) is 23.7 Å². The van der Waals surface area contributed by atoms with Gasteiger partial charge in [-0.15, -0.1) is 24.0 Å². The van der Waals surface area contributed by atoms with E-state index in [0.29, 0.717) is 19.0 Å². The second-order valence-corrected chi connectivity index (χ2v) is 8.64. The zero-order valence-corrected chi connectivity index (χ0v) is 19.5. The fourth-order valence-corrected chi connectivity index (χ4v) is 5.77. The Labute approximate surface area is 194 Å². The molecule has 1 saturated carbocycles. The Hall–Kier alpha value is -1.90. The van der Waals surface area contributed by atoms with Crippen LogP contribution in [0.4, 0.5) is 0 Å². The first-order valence-corrected chi connectivity index (χ1v) is 10.7. The third kappa shape index (κ3) is 3.55. The summed E-state index contributed by atoms with van der Waals surface area (Å²) < 4.78 is 0. The van der Waals surface area contributed by atoms with Crippen molar-refractivity contribution in [3.8, 4) is 0 Å². The molecule has 1 saturated heterocycles. The Morgan fingerprint density at radius 1 is 1.10 bits per heavy atom. The summed E-state index contributed by atoms with van der Waals surface area (Å²) in [4.78, 5) is 31.3. The van der Waals surface area contributed by atoms with E-state index >= 15 is 0 Å². The molecule has 1 heterocycles. The van der Waals surface area contributed by atoms with Gasteiger partial charge < -0.3 is 10.6 Å². The van der Waals surface area contributed by atoms with Gasteiger partial charge in [-0.1, -0.05) is 36.4 Å². The standard InChI is InChI=1S/C23H28N4O2.HI/c1-24-23(26-13-17-9-6-14-4-2-3-5-18(14)17)25-10-11-27-21(28)19-15-7-8-16(12-15)20(19)22(27)29;/h2-5,7-8,15-17,19-20H,6,9-13H2,1H3,(H2,24,25,26);1H. The van der Waals surface area contributed by atoms with Gasteiger partial charge in [-0.3, -0.25) is 19.5 Å². The van der Waals surface area contributed by atoms with E-state index in [0.717, 1.165) is 31.8 Å². The molecule has 1 aromatic rings. The van der Waals surface area contributed by atoms with E-state index in [-0.39, 0.29) is 59.5 Å². The maximum absolute atomic E-state index is 12.7. The number of benzene rings is 1. The molecule has 6 nitrogen and oxygen atoms in total. The number of amides is 2. The van der Waals surface area contributed by atoms with Crippen LogP contribution >= 0.6 is 24.0 Å². The van der Waals surface area contributed by atoms with Gasteiger partial charge in [0, 0.05) is 32.6 Å². The summed E-state index contributed by atoms with van der Waals surface area (Å²) in [6.45, 7) is 1.75. The maximum atomic E-state index is 12.7. The molecule has 2 fully saturated rings. The molecule has 5 rings (SSSR count). The van der Waals surface area contributed by atoms with Crippen molar-refractivity contribution in [3.05, 3.63) is 47.5 Å². The molecule has 5 atom stereocenters. The van der Waals surface area contributed by atoms with E-state index in [9.17, 15) is 9.59 Å². The van der Waals surface area contributed by atoms with Gasteiger partial charge in [0.25, 0.3) is 0 Å². The summed E-state index contributed by atoms with van der Waals surface area (Å²) in [7, 11) is 1.75. The predicted molar refractivity (Wildman–Crippen MR) is 127 cm³/mol. The summed E-state index contributed by atoms with van der Waals surface area (Å²) in [6, 6.07) is 8.63. The molecule has 2 N–H and O–H groups in total. The summed E-state index contributed by atoms with van der Waals surface area (Å²) in [5.41, 5.74) is 2.88. The zero-order chi connectivity index (χ0) is 20.0. The first-order valence-electron chi connectivity index (χ1n) is 10.7. The fourth-order valence-electron chi connectivity index (χ4n) is 5.77. The smallest absolute Gasteiger partial charge is 0.233 e. The molecule has 0 spiro atoms. The average molecular weight is 520 g/mol. The number of imide groups is 1. The highest BCUT2D eigenvalue weighted by atomic mass is 127. The average Bonchev–Trinajstić information content (AvgIpc) is 3.50. The van der Waals surface area contributed by atoms with E-state index in [1.807, 2.05) is 0 Å². The molecule has 2 amide bonds. The summed E-state index contributed by atoms with van der Waals surface area (Å²) >= 11 is 0. The van der Waals surface area contributed by atoms with Gasteiger partial charge in [0.15, 0.2) is 5.96 Å². The third-order valence-corrected chi connectivity index (χ3v) is 7.19. The number of aryl methyl sites for hydroxylation is 1. The molecule has 5 unspecified atom stereocenters. The van der Waals surface area contributed by atoms with Crippen molar-refractivity contribution in [2.75, 3.05) is 26.7 Å². The number of likely N-dealkylation sites (tertiary alicyclic amines) is 1. The highest BCUT2D eigenvalue weighted by molar-refractivity contribution is 14.0. The van der Waals surface area contributed by atoms with Gasteiger partial charge >= 0.3 is 0 Å². The lowest BCUT2D eigenvalue weighted by Gasteiger charge is -2.19. The highest BCUT2D eigenvalue weighted by Gasteiger charge is 2.58. The summed E-state index contributed by atoms with van der Waals surface area (Å²) in [5.74, 6) is 1.55. The molecule has 3 aliphatic carbocycles. The number of carbonyl (C=O) groups excluding carboxylic acids is 2. The number of allylic oxidation sites excluding steroid dienone is 2. The molecular weight excluding hydrogens is 491 g/mol. The Bertz CT molecular complexity index is 869. The lowest BCUT2D eigenvalue weighted by molar-refractivity contribution is -0.140. The van der Waals surface area contributed by atoms with E-state index < -0.39 is 0 Å². The number of halogens is 1. The van der Waals surface area contributed by atoms with Crippen molar-refractivity contribution in [1.82, 2.24) is 15.5 Å². The van der Waals surface area contributed by atoms with Crippen LogP contribution in [0.2, 0.25) is 0 Å². The van der Waals surface area contributed by atoms with Crippen LogP contribution in [0.25, 0.3) is 0 Å². The Balaban J connectivity index is 0.00000218. The van der Waals surface area contributed by atoms with Crippen LogP contribution < -0.4 is 10.6 Å². The van der Waals surface area contributed by atoms with Crippen molar-refractivity contribution in [3.63, 3.8) is 0 Å². The number of aliphatic imine (C=N–C) groups is 1. The van der Waals surface area contributed by atoms with Crippen molar-refractivity contribution in [1.29, 1.82) is 0 Å². The Morgan fingerprint density at radius 2 is 1.80 bits per heavy atom. The van der Waals surface area contributed by atoms with Crippen LogP contribution in [0.5, 0.6) is 0 Å². The first-order chi connectivity index (χ1) is 14.2. The molecule has 0 aromatic heterocycles. The molecular formula is C23H29IN4O2. The van der Waals surface area contributed by atoms with Gasteiger partial charge in [0.2, 0.25) is 11.8 Å². The van der Waals surface area contributed by atoms with Gasteiger partial charge in [-0.2, -0.15) is 0 Å². The Kier molecular flexibility index (Phi) is 6.18. The number of fused-ring (bicyclic) bond motifs is 6. The minimum absolute atomic E-state index is 0. The van der Waals surface area contributed by atoms with Gasteiger partial charge in [0.1, 0.15) is 0 Å². The van der Waals surface area contributed by atoms with Crippen LogP contribution in [-0.2, 0) is 16.0 Å². The normalized spacial score (nSPS) is 31.0. The Morgan fingerprint density at radius 3 is 2.50 bits per heavy atom. The predicted octanol–water partition coefficient (Wildman–Crippen LogP) is 2.31. The van der Waals surface area contributed by atoms with E-state index in [4.69, 9.17) is 0 Å². The number of guanidine groups is 1. The lowest BCUT2D eigenvalue weighted by Crippen LogP contribution is -2.44. The second kappa shape index (κ2) is 8.69. The van der Waals surface area contributed by atoms with Crippen LogP contribution in [0.15, 0.2) is 41.4 Å².